The largest absolute Gasteiger partial charge is 0.493 e. The molecule has 2 N–H and O–H groups in total. The fourth-order valence-electron chi connectivity index (χ4n) is 1.66. The average Bonchev–Trinajstić information content (AvgIpc) is 2.41. The van der Waals surface area contributed by atoms with Crippen molar-refractivity contribution in [1.82, 2.24) is 0 Å². The molecule has 0 aromatic heterocycles. The highest BCUT2D eigenvalue weighted by Gasteiger charge is 2.12. The van der Waals surface area contributed by atoms with E-state index in [1.165, 1.54) is 0 Å². The van der Waals surface area contributed by atoms with Gasteiger partial charge < -0.3 is 19.9 Å². The predicted molar refractivity (Wildman–Crippen MR) is 75.5 cm³/mol. The van der Waals surface area contributed by atoms with Crippen LogP contribution in [0.25, 0.3) is 0 Å². The molecule has 2 aromatic rings. The van der Waals surface area contributed by atoms with Gasteiger partial charge in [0.25, 0.3) is 0 Å². The summed E-state index contributed by atoms with van der Waals surface area (Å²) in [5.74, 6) is 2.13. The Labute approximate surface area is 116 Å². The Morgan fingerprint density at radius 1 is 0.947 bits per heavy atom. The second-order valence-electron chi connectivity index (χ2n) is 3.78. The summed E-state index contributed by atoms with van der Waals surface area (Å²) in [7, 11) is 3.12. The van der Waals surface area contributed by atoms with Gasteiger partial charge in [-0.2, -0.15) is 0 Å². The number of rotatable bonds is 4. The molecule has 19 heavy (non-hydrogen) atoms. The molecule has 0 heterocycles. The molecule has 0 atom stereocenters. The van der Waals surface area contributed by atoms with Crippen LogP contribution in [0.2, 0.25) is 5.02 Å². The van der Waals surface area contributed by atoms with E-state index in [2.05, 4.69) is 0 Å². The normalized spacial score (nSPS) is 10.1. The molecular weight excluding hydrogens is 266 g/mol. The second kappa shape index (κ2) is 5.71. The lowest BCUT2D eigenvalue weighted by atomic mass is 10.2. The van der Waals surface area contributed by atoms with Crippen molar-refractivity contribution in [1.29, 1.82) is 0 Å². The molecule has 0 amide bonds. The summed E-state index contributed by atoms with van der Waals surface area (Å²) in [5, 5.41) is 0.435. The molecule has 0 saturated carbocycles. The van der Waals surface area contributed by atoms with Crippen molar-refractivity contribution >= 4 is 17.3 Å². The lowest BCUT2D eigenvalue weighted by Gasteiger charge is -2.14. The van der Waals surface area contributed by atoms with Crippen molar-refractivity contribution in [2.45, 2.75) is 0 Å². The van der Waals surface area contributed by atoms with Gasteiger partial charge in [0.15, 0.2) is 11.5 Å². The average molecular weight is 280 g/mol. The molecule has 2 aromatic carbocycles. The van der Waals surface area contributed by atoms with E-state index in [0.29, 0.717) is 33.7 Å². The SMILES string of the molecule is COc1cccc(Oc2ccc(N)cc2Cl)c1OC. The Balaban J connectivity index is 2.37. The maximum atomic E-state index is 6.07. The summed E-state index contributed by atoms with van der Waals surface area (Å²) in [5.41, 5.74) is 6.22. The predicted octanol–water partition coefficient (Wildman–Crippen LogP) is 3.73. The minimum Gasteiger partial charge on any atom is -0.493 e. The van der Waals surface area contributed by atoms with Crippen molar-refractivity contribution in [3.05, 3.63) is 41.4 Å². The zero-order valence-corrected chi connectivity index (χ0v) is 11.4. The van der Waals surface area contributed by atoms with Crippen LogP contribution < -0.4 is 19.9 Å². The van der Waals surface area contributed by atoms with Crippen molar-refractivity contribution in [2.24, 2.45) is 0 Å². The van der Waals surface area contributed by atoms with Crippen LogP contribution in [0.3, 0.4) is 0 Å². The van der Waals surface area contributed by atoms with Crippen LogP contribution in [-0.4, -0.2) is 14.2 Å². The van der Waals surface area contributed by atoms with E-state index < -0.39 is 0 Å². The molecule has 0 unspecified atom stereocenters. The Hall–Kier alpha value is -2.07. The Morgan fingerprint density at radius 3 is 2.32 bits per heavy atom. The second-order valence-corrected chi connectivity index (χ2v) is 4.19. The van der Waals surface area contributed by atoms with E-state index in [1.54, 1.807) is 44.6 Å². The number of benzene rings is 2. The number of hydrogen-bond acceptors (Lipinski definition) is 4. The number of anilines is 1. The molecule has 0 spiro atoms. The highest BCUT2D eigenvalue weighted by molar-refractivity contribution is 6.32. The minimum atomic E-state index is 0.435. The number of nitrogens with two attached hydrogens (primary N) is 1. The number of para-hydroxylation sites is 1. The number of ether oxygens (including phenoxy) is 3. The molecule has 0 aliphatic heterocycles. The molecular formula is C14H14ClNO3. The topological polar surface area (TPSA) is 53.7 Å². The summed E-state index contributed by atoms with van der Waals surface area (Å²) in [4.78, 5) is 0. The van der Waals surface area contributed by atoms with Gasteiger partial charge in [0, 0.05) is 5.69 Å². The Kier molecular flexibility index (Phi) is 4.02. The van der Waals surface area contributed by atoms with Gasteiger partial charge in [-0.15, -0.1) is 0 Å². The summed E-state index contributed by atoms with van der Waals surface area (Å²) in [6, 6.07) is 10.4. The minimum absolute atomic E-state index is 0.435. The standard InChI is InChI=1S/C14H14ClNO3/c1-17-12-4-3-5-13(14(12)18-2)19-11-7-6-9(16)8-10(11)15/h3-8H,16H2,1-2H3. The van der Waals surface area contributed by atoms with Crippen LogP contribution in [0, 0.1) is 0 Å². The zero-order valence-electron chi connectivity index (χ0n) is 10.6. The molecule has 2 rings (SSSR count). The molecule has 4 nitrogen and oxygen atoms in total. The van der Waals surface area contributed by atoms with Crippen molar-refractivity contribution < 1.29 is 14.2 Å². The van der Waals surface area contributed by atoms with Crippen LogP contribution >= 0.6 is 11.6 Å². The van der Waals surface area contributed by atoms with Crippen molar-refractivity contribution in [3.63, 3.8) is 0 Å². The van der Waals surface area contributed by atoms with Gasteiger partial charge in [0.1, 0.15) is 5.75 Å². The first-order valence-corrected chi connectivity index (χ1v) is 5.97. The molecule has 0 fully saturated rings. The van der Waals surface area contributed by atoms with Crippen LogP contribution in [0.4, 0.5) is 5.69 Å². The van der Waals surface area contributed by atoms with Crippen LogP contribution in [0.5, 0.6) is 23.0 Å². The maximum Gasteiger partial charge on any atom is 0.203 e. The van der Waals surface area contributed by atoms with Gasteiger partial charge in [-0.3, -0.25) is 0 Å². The first-order valence-electron chi connectivity index (χ1n) is 5.59. The molecule has 0 radical (unpaired) electrons. The van der Waals surface area contributed by atoms with E-state index in [9.17, 15) is 0 Å². The van der Waals surface area contributed by atoms with Crippen LogP contribution in [0.15, 0.2) is 36.4 Å². The Bertz CT molecular complexity index is 587. The van der Waals surface area contributed by atoms with Gasteiger partial charge in [-0.25, -0.2) is 0 Å². The number of nitrogen functional groups attached to an aromatic ring is 1. The third kappa shape index (κ3) is 2.85. The maximum absolute atomic E-state index is 6.07. The zero-order chi connectivity index (χ0) is 13.8. The fraction of sp³-hybridized carbons (Fsp3) is 0.143. The quantitative estimate of drug-likeness (QED) is 0.867. The molecule has 100 valence electrons. The highest BCUT2D eigenvalue weighted by Crippen LogP contribution is 2.40. The lowest BCUT2D eigenvalue weighted by Crippen LogP contribution is -1.95. The van der Waals surface area contributed by atoms with Gasteiger partial charge in [-0.05, 0) is 30.3 Å². The van der Waals surface area contributed by atoms with E-state index in [4.69, 9.17) is 31.5 Å². The Morgan fingerprint density at radius 2 is 1.68 bits per heavy atom. The van der Waals surface area contributed by atoms with E-state index in [1.807, 2.05) is 6.07 Å². The molecule has 0 aliphatic carbocycles. The molecule has 0 bridgehead atoms. The van der Waals surface area contributed by atoms with Crippen LogP contribution in [0.1, 0.15) is 0 Å². The fourth-order valence-corrected chi connectivity index (χ4v) is 1.88. The monoisotopic (exact) mass is 279 g/mol. The lowest BCUT2D eigenvalue weighted by molar-refractivity contribution is 0.336. The van der Waals surface area contributed by atoms with E-state index >= 15 is 0 Å². The molecule has 0 saturated heterocycles. The summed E-state index contributed by atoms with van der Waals surface area (Å²) < 4.78 is 16.2. The summed E-state index contributed by atoms with van der Waals surface area (Å²) in [6.45, 7) is 0. The molecule has 0 aliphatic rings. The third-order valence-corrected chi connectivity index (χ3v) is 2.84. The van der Waals surface area contributed by atoms with Crippen molar-refractivity contribution in [3.8, 4) is 23.0 Å². The van der Waals surface area contributed by atoms with E-state index in [0.717, 1.165) is 0 Å². The highest BCUT2D eigenvalue weighted by atomic mass is 35.5. The van der Waals surface area contributed by atoms with Crippen molar-refractivity contribution in [2.75, 3.05) is 20.0 Å². The van der Waals surface area contributed by atoms with Gasteiger partial charge in [-0.1, -0.05) is 17.7 Å². The summed E-state index contributed by atoms with van der Waals surface area (Å²) >= 11 is 6.07. The smallest absolute Gasteiger partial charge is 0.203 e. The van der Waals surface area contributed by atoms with Gasteiger partial charge in [0.2, 0.25) is 5.75 Å². The third-order valence-electron chi connectivity index (χ3n) is 2.54. The number of hydrogen-bond donors (Lipinski definition) is 1. The van der Waals surface area contributed by atoms with Gasteiger partial charge >= 0.3 is 0 Å². The van der Waals surface area contributed by atoms with Crippen LogP contribution in [-0.2, 0) is 0 Å². The first-order chi connectivity index (χ1) is 9.15. The number of methoxy groups -OCH3 is 2. The van der Waals surface area contributed by atoms with E-state index in [-0.39, 0.29) is 0 Å². The summed E-state index contributed by atoms with van der Waals surface area (Å²) in [6.07, 6.45) is 0. The number of halogens is 1. The first kappa shape index (κ1) is 13.4. The van der Waals surface area contributed by atoms with Gasteiger partial charge in [0.05, 0.1) is 19.2 Å². The molecule has 5 heteroatoms.